The Balaban J connectivity index is 2.14. The number of carbonyl (C=O) groups is 1. The molecule has 1 saturated carbocycles. The highest BCUT2D eigenvalue weighted by Gasteiger charge is 2.32. The summed E-state index contributed by atoms with van der Waals surface area (Å²) in [5, 5.41) is 18.0. The van der Waals surface area contributed by atoms with Crippen molar-refractivity contribution in [1.29, 1.82) is 0 Å². The molecule has 1 N–H and O–H groups in total. The van der Waals surface area contributed by atoms with Gasteiger partial charge in [-0.3, -0.25) is 9.36 Å². The topological polar surface area (TPSA) is 71.2 Å². The third-order valence-electron chi connectivity index (χ3n) is 3.34. The molecule has 1 heterocycles. The zero-order valence-corrected chi connectivity index (χ0v) is 12.9. The highest BCUT2D eigenvalue weighted by atomic mass is 32.2. The second-order valence-corrected chi connectivity index (χ2v) is 5.93. The van der Waals surface area contributed by atoms with Crippen LogP contribution in [0.1, 0.15) is 39.5 Å². The third-order valence-corrected chi connectivity index (χ3v) is 4.29. The Labute approximate surface area is 123 Å². The molecule has 0 amide bonds. The van der Waals surface area contributed by atoms with Gasteiger partial charge in [-0.1, -0.05) is 25.1 Å². The second kappa shape index (κ2) is 6.97. The molecule has 1 aromatic rings. The van der Waals surface area contributed by atoms with E-state index in [0.717, 1.165) is 31.9 Å². The summed E-state index contributed by atoms with van der Waals surface area (Å²) in [6.45, 7) is 5.99. The van der Waals surface area contributed by atoms with Crippen LogP contribution in [0.2, 0.25) is 0 Å². The second-order valence-electron chi connectivity index (χ2n) is 4.99. The van der Waals surface area contributed by atoms with Crippen molar-refractivity contribution in [3.05, 3.63) is 0 Å². The smallest absolute Gasteiger partial charge is 0.313 e. The van der Waals surface area contributed by atoms with Gasteiger partial charge in [0.2, 0.25) is 5.95 Å². The average molecular weight is 298 g/mol. The lowest BCUT2D eigenvalue weighted by molar-refractivity contribution is -0.133. The molecule has 0 atom stereocenters. The maximum atomic E-state index is 10.7. The molecule has 0 aromatic carbocycles. The van der Waals surface area contributed by atoms with Crippen LogP contribution in [-0.4, -0.2) is 44.2 Å². The van der Waals surface area contributed by atoms with E-state index in [-0.39, 0.29) is 5.75 Å². The molecule has 0 radical (unpaired) electrons. The normalized spacial score (nSPS) is 14.5. The van der Waals surface area contributed by atoms with E-state index < -0.39 is 5.97 Å². The standard InChI is InChI=1S/C13H22N4O2S/c1-3-5-8-17(10-6-7-10)12-14-15-13(16(12)4-2)20-9-11(18)19/h10H,3-9H2,1-2H3,(H,18,19). The molecule has 20 heavy (non-hydrogen) atoms. The first kappa shape index (κ1) is 15.2. The number of hydrogen-bond acceptors (Lipinski definition) is 5. The van der Waals surface area contributed by atoms with Crippen LogP contribution in [0.15, 0.2) is 5.16 Å². The van der Waals surface area contributed by atoms with Gasteiger partial charge < -0.3 is 10.0 Å². The zero-order chi connectivity index (χ0) is 14.5. The van der Waals surface area contributed by atoms with Crippen molar-refractivity contribution in [1.82, 2.24) is 14.8 Å². The van der Waals surface area contributed by atoms with Gasteiger partial charge in [-0.15, -0.1) is 10.2 Å². The van der Waals surface area contributed by atoms with Gasteiger partial charge in [0, 0.05) is 19.1 Å². The molecule has 112 valence electrons. The minimum Gasteiger partial charge on any atom is -0.481 e. The van der Waals surface area contributed by atoms with Crippen molar-refractivity contribution in [2.75, 3.05) is 17.2 Å². The Kier molecular flexibility index (Phi) is 5.28. The van der Waals surface area contributed by atoms with E-state index in [1.807, 2.05) is 11.5 Å². The highest BCUT2D eigenvalue weighted by molar-refractivity contribution is 7.99. The summed E-state index contributed by atoms with van der Waals surface area (Å²) in [7, 11) is 0. The van der Waals surface area contributed by atoms with Crippen LogP contribution in [0, 0.1) is 0 Å². The summed E-state index contributed by atoms with van der Waals surface area (Å²) in [5.41, 5.74) is 0. The first-order valence-electron chi connectivity index (χ1n) is 7.21. The maximum Gasteiger partial charge on any atom is 0.313 e. The number of carboxylic acid groups (broad SMARTS) is 1. The SMILES string of the molecule is CCCCN(c1nnc(SCC(=O)O)n1CC)C1CC1. The van der Waals surface area contributed by atoms with Crippen LogP contribution in [0.4, 0.5) is 5.95 Å². The number of hydrogen-bond donors (Lipinski definition) is 1. The fourth-order valence-corrected chi connectivity index (χ4v) is 2.88. The van der Waals surface area contributed by atoms with Gasteiger partial charge in [-0.2, -0.15) is 0 Å². The zero-order valence-electron chi connectivity index (χ0n) is 12.1. The van der Waals surface area contributed by atoms with Gasteiger partial charge in [-0.25, -0.2) is 0 Å². The minimum atomic E-state index is -0.827. The van der Waals surface area contributed by atoms with Crippen molar-refractivity contribution < 1.29 is 9.90 Å². The fraction of sp³-hybridized carbons (Fsp3) is 0.769. The Morgan fingerprint density at radius 2 is 2.20 bits per heavy atom. The van der Waals surface area contributed by atoms with Gasteiger partial charge in [0.1, 0.15) is 0 Å². The predicted octanol–water partition coefficient (Wildman–Crippen LogP) is 2.24. The molecule has 0 aliphatic heterocycles. The molecule has 0 spiro atoms. The van der Waals surface area contributed by atoms with Crippen molar-refractivity contribution in [3.63, 3.8) is 0 Å². The molecular formula is C13H22N4O2S. The summed E-state index contributed by atoms with van der Waals surface area (Å²) < 4.78 is 2.03. The van der Waals surface area contributed by atoms with Gasteiger partial charge in [-0.05, 0) is 26.2 Å². The lowest BCUT2D eigenvalue weighted by Crippen LogP contribution is -2.29. The van der Waals surface area contributed by atoms with Crippen LogP contribution < -0.4 is 4.90 Å². The Morgan fingerprint density at radius 3 is 2.75 bits per heavy atom. The van der Waals surface area contributed by atoms with Crippen LogP contribution in [0.25, 0.3) is 0 Å². The first-order chi connectivity index (χ1) is 9.67. The molecule has 0 saturated heterocycles. The Morgan fingerprint density at radius 1 is 1.45 bits per heavy atom. The summed E-state index contributed by atoms with van der Waals surface area (Å²) in [4.78, 5) is 13.0. The molecular weight excluding hydrogens is 276 g/mol. The number of unbranched alkanes of at least 4 members (excludes halogenated alkanes) is 1. The number of nitrogens with zero attached hydrogens (tertiary/aromatic N) is 4. The number of aliphatic carboxylic acids is 1. The van der Waals surface area contributed by atoms with Crippen molar-refractivity contribution in [2.45, 2.75) is 57.3 Å². The average Bonchev–Trinajstić information content (AvgIpc) is 3.17. The number of rotatable bonds is 9. The quantitative estimate of drug-likeness (QED) is 0.705. The largest absolute Gasteiger partial charge is 0.481 e. The number of carboxylic acids is 1. The summed E-state index contributed by atoms with van der Waals surface area (Å²) in [6, 6.07) is 0.591. The van der Waals surface area contributed by atoms with Crippen LogP contribution >= 0.6 is 11.8 Å². The van der Waals surface area contributed by atoms with E-state index in [1.54, 1.807) is 0 Å². The van der Waals surface area contributed by atoms with Gasteiger partial charge in [0.15, 0.2) is 5.16 Å². The van der Waals surface area contributed by atoms with E-state index in [9.17, 15) is 4.79 Å². The molecule has 1 aliphatic carbocycles. The maximum absolute atomic E-state index is 10.7. The Bertz CT molecular complexity index is 459. The number of thioether (sulfide) groups is 1. The molecule has 1 aliphatic rings. The summed E-state index contributed by atoms with van der Waals surface area (Å²) >= 11 is 1.24. The Hall–Kier alpha value is -1.24. The van der Waals surface area contributed by atoms with Crippen LogP contribution in [0.5, 0.6) is 0 Å². The molecule has 0 unspecified atom stereocenters. The molecule has 6 nitrogen and oxygen atoms in total. The summed E-state index contributed by atoms with van der Waals surface area (Å²) in [5.74, 6) is 0.0971. The number of anilines is 1. The van der Waals surface area contributed by atoms with Crippen molar-refractivity contribution in [2.24, 2.45) is 0 Å². The molecule has 2 rings (SSSR count). The fourth-order valence-electron chi connectivity index (χ4n) is 2.16. The van der Waals surface area contributed by atoms with E-state index >= 15 is 0 Å². The van der Waals surface area contributed by atoms with Crippen molar-refractivity contribution in [3.8, 4) is 0 Å². The first-order valence-corrected chi connectivity index (χ1v) is 8.20. The monoisotopic (exact) mass is 298 g/mol. The van der Waals surface area contributed by atoms with Gasteiger partial charge in [0.05, 0.1) is 5.75 Å². The van der Waals surface area contributed by atoms with Gasteiger partial charge in [0.25, 0.3) is 0 Å². The van der Waals surface area contributed by atoms with Gasteiger partial charge >= 0.3 is 5.97 Å². The van der Waals surface area contributed by atoms with E-state index in [2.05, 4.69) is 22.0 Å². The molecule has 7 heteroatoms. The lowest BCUT2D eigenvalue weighted by atomic mass is 10.3. The lowest BCUT2D eigenvalue weighted by Gasteiger charge is -2.23. The highest BCUT2D eigenvalue weighted by Crippen LogP contribution is 2.32. The molecule has 1 fully saturated rings. The van der Waals surface area contributed by atoms with Crippen molar-refractivity contribution >= 4 is 23.7 Å². The molecule has 0 bridgehead atoms. The number of aromatic nitrogens is 3. The predicted molar refractivity (Wildman–Crippen MR) is 79.3 cm³/mol. The van der Waals surface area contributed by atoms with Crippen LogP contribution in [0.3, 0.4) is 0 Å². The third kappa shape index (κ3) is 3.65. The van der Waals surface area contributed by atoms with Crippen LogP contribution in [-0.2, 0) is 11.3 Å². The van der Waals surface area contributed by atoms with E-state index in [0.29, 0.717) is 11.2 Å². The minimum absolute atomic E-state index is 0.0243. The summed E-state index contributed by atoms with van der Waals surface area (Å²) in [6.07, 6.45) is 4.74. The van der Waals surface area contributed by atoms with E-state index in [4.69, 9.17) is 5.11 Å². The van der Waals surface area contributed by atoms with E-state index in [1.165, 1.54) is 24.6 Å². The molecule has 1 aromatic heterocycles.